The first-order valence-electron chi connectivity index (χ1n) is 11.3. The minimum atomic E-state index is -0.436. The summed E-state index contributed by atoms with van der Waals surface area (Å²) in [5.41, 5.74) is 0.324. The average Bonchev–Trinajstić information content (AvgIpc) is 3.13. The molecule has 2 saturated heterocycles. The number of nitrogens with one attached hydrogen (secondary N) is 2. The number of benzene rings is 1. The summed E-state index contributed by atoms with van der Waals surface area (Å²) in [5, 5.41) is 6.43. The summed E-state index contributed by atoms with van der Waals surface area (Å²) >= 11 is 0. The van der Waals surface area contributed by atoms with E-state index in [0.717, 1.165) is 57.6 Å². The highest BCUT2D eigenvalue weighted by Crippen LogP contribution is 2.27. The maximum absolute atomic E-state index is 14.0. The van der Waals surface area contributed by atoms with Gasteiger partial charge in [-0.2, -0.15) is 0 Å². The predicted octanol–water partition coefficient (Wildman–Crippen LogP) is 2.90. The van der Waals surface area contributed by atoms with Gasteiger partial charge in [-0.3, -0.25) is 9.69 Å². The third kappa shape index (κ3) is 5.99. The van der Waals surface area contributed by atoms with Crippen LogP contribution >= 0.6 is 0 Å². The Kier molecular flexibility index (Phi) is 8.20. The predicted molar refractivity (Wildman–Crippen MR) is 115 cm³/mol. The van der Waals surface area contributed by atoms with Crippen LogP contribution in [0, 0.1) is 11.6 Å². The molecule has 0 radical (unpaired) electrons. The van der Waals surface area contributed by atoms with E-state index in [9.17, 15) is 13.6 Å². The number of carbonyl (C=O) groups is 1. The quantitative estimate of drug-likeness (QED) is 0.676. The number of rotatable bonds is 8. The summed E-state index contributed by atoms with van der Waals surface area (Å²) in [7, 11) is 0. The van der Waals surface area contributed by atoms with Crippen molar-refractivity contribution in [2.45, 2.75) is 77.2 Å². The zero-order chi connectivity index (χ0) is 21.7. The maximum Gasteiger partial charge on any atom is 0.237 e. The summed E-state index contributed by atoms with van der Waals surface area (Å²) in [6, 6.07) is 3.91. The van der Waals surface area contributed by atoms with Crippen LogP contribution < -0.4 is 10.6 Å². The smallest absolute Gasteiger partial charge is 0.237 e. The molecule has 168 valence electrons. The molecule has 0 saturated carbocycles. The van der Waals surface area contributed by atoms with Crippen molar-refractivity contribution in [3.63, 3.8) is 0 Å². The third-order valence-electron chi connectivity index (χ3n) is 6.23. The molecule has 7 heteroatoms. The van der Waals surface area contributed by atoms with Crippen LogP contribution in [0.2, 0.25) is 0 Å². The van der Waals surface area contributed by atoms with Crippen LogP contribution in [-0.4, -0.2) is 66.1 Å². The van der Waals surface area contributed by atoms with Crippen molar-refractivity contribution in [1.82, 2.24) is 20.4 Å². The van der Waals surface area contributed by atoms with Gasteiger partial charge in [0.05, 0.1) is 6.04 Å². The van der Waals surface area contributed by atoms with Gasteiger partial charge in [0.2, 0.25) is 5.91 Å². The molecule has 1 amide bonds. The van der Waals surface area contributed by atoms with Crippen LogP contribution in [0.3, 0.4) is 0 Å². The molecule has 0 spiro atoms. The Hall–Kier alpha value is -1.57. The number of carbonyl (C=O) groups excluding carboxylic acids is 1. The Morgan fingerprint density at radius 3 is 2.63 bits per heavy atom. The fourth-order valence-electron chi connectivity index (χ4n) is 4.77. The van der Waals surface area contributed by atoms with Crippen LogP contribution in [0.1, 0.15) is 52.0 Å². The van der Waals surface area contributed by atoms with E-state index in [1.165, 1.54) is 6.07 Å². The van der Waals surface area contributed by atoms with Crippen LogP contribution in [0.25, 0.3) is 0 Å². The van der Waals surface area contributed by atoms with Gasteiger partial charge in [0.25, 0.3) is 0 Å². The molecule has 3 rings (SSSR count). The van der Waals surface area contributed by atoms with Gasteiger partial charge in [-0.1, -0.05) is 6.92 Å². The zero-order valence-corrected chi connectivity index (χ0v) is 18.5. The Balaban J connectivity index is 1.64. The molecule has 0 bridgehead atoms. The minimum Gasteiger partial charge on any atom is -0.353 e. The molecule has 5 nitrogen and oxygen atoms in total. The van der Waals surface area contributed by atoms with Crippen molar-refractivity contribution >= 4 is 5.91 Å². The Bertz CT molecular complexity index is 706. The van der Waals surface area contributed by atoms with Crippen LogP contribution in [0.15, 0.2) is 18.2 Å². The second-order valence-electron chi connectivity index (χ2n) is 9.00. The zero-order valence-electron chi connectivity index (χ0n) is 18.5. The minimum absolute atomic E-state index is 0.0715. The van der Waals surface area contributed by atoms with E-state index >= 15 is 0 Å². The topological polar surface area (TPSA) is 47.6 Å². The molecule has 0 aromatic heterocycles. The molecule has 2 fully saturated rings. The van der Waals surface area contributed by atoms with Gasteiger partial charge in [-0.25, -0.2) is 8.78 Å². The maximum atomic E-state index is 14.0. The first kappa shape index (κ1) is 23.1. The van der Waals surface area contributed by atoms with E-state index in [-0.39, 0.29) is 30.6 Å². The number of halogens is 2. The standard InChI is InChI=1S/C23H36F2N4O/c1-4-9-28-10-7-20(8-11-28)29-15-19(13-22(29)23(30)27-16(2)3)26-14-17-12-18(24)5-6-21(17)25/h5-6,12,16,19-20,22,26H,4,7-11,13-15H2,1-3H3,(H,27,30)/t19-,22-/m0/s1. The van der Waals surface area contributed by atoms with Crippen LogP contribution in [-0.2, 0) is 11.3 Å². The van der Waals surface area contributed by atoms with Crippen molar-refractivity contribution < 1.29 is 13.6 Å². The van der Waals surface area contributed by atoms with Gasteiger partial charge >= 0.3 is 0 Å². The fourth-order valence-corrected chi connectivity index (χ4v) is 4.77. The van der Waals surface area contributed by atoms with Crippen molar-refractivity contribution in [3.8, 4) is 0 Å². The van der Waals surface area contributed by atoms with Gasteiger partial charge in [0.1, 0.15) is 11.6 Å². The SMILES string of the molecule is CCCN1CCC(N2C[C@@H](NCc3cc(F)ccc3F)C[C@H]2C(=O)NC(C)C)CC1. The monoisotopic (exact) mass is 422 g/mol. The van der Waals surface area contributed by atoms with Gasteiger partial charge in [0, 0.05) is 36.8 Å². The molecule has 2 atom stereocenters. The number of hydrogen-bond acceptors (Lipinski definition) is 4. The van der Waals surface area contributed by atoms with Gasteiger partial charge in [-0.05, 0) is 77.4 Å². The fraction of sp³-hybridized carbons (Fsp3) is 0.696. The molecule has 2 aliphatic heterocycles. The summed E-state index contributed by atoms with van der Waals surface area (Å²) in [6.07, 6.45) is 3.98. The first-order chi connectivity index (χ1) is 14.4. The molecule has 30 heavy (non-hydrogen) atoms. The summed E-state index contributed by atoms with van der Waals surface area (Å²) in [6.45, 7) is 10.4. The lowest BCUT2D eigenvalue weighted by Gasteiger charge is -2.39. The first-order valence-corrected chi connectivity index (χ1v) is 11.3. The molecule has 1 aromatic rings. The van der Waals surface area contributed by atoms with Crippen molar-refractivity contribution in [1.29, 1.82) is 0 Å². The van der Waals surface area contributed by atoms with Crippen molar-refractivity contribution in [2.75, 3.05) is 26.2 Å². The van der Waals surface area contributed by atoms with Gasteiger partial charge in [0.15, 0.2) is 0 Å². The summed E-state index contributed by atoms with van der Waals surface area (Å²) in [4.78, 5) is 17.7. The van der Waals surface area contributed by atoms with E-state index in [4.69, 9.17) is 0 Å². The van der Waals surface area contributed by atoms with Gasteiger partial charge in [-0.15, -0.1) is 0 Å². The highest BCUT2D eigenvalue weighted by Gasteiger charge is 2.41. The molecule has 2 N–H and O–H groups in total. The lowest BCUT2D eigenvalue weighted by Crippen LogP contribution is -2.52. The third-order valence-corrected chi connectivity index (χ3v) is 6.23. The largest absolute Gasteiger partial charge is 0.353 e. The van der Waals surface area contributed by atoms with Crippen molar-refractivity contribution in [2.24, 2.45) is 0 Å². The van der Waals surface area contributed by atoms with E-state index < -0.39 is 11.6 Å². The number of amides is 1. The van der Waals surface area contributed by atoms with E-state index in [2.05, 4.69) is 27.4 Å². The average molecular weight is 423 g/mol. The molecule has 0 aliphatic carbocycles. The highest BCUT2D eigenvalue weighted by atomic mass is 19.1. The Morgan fingerprint density at radius 2 is 1.97 bits per heavy atom. The van der Waals surface area contributed by atoms with E-state index in [0.29, 0.717) is 18.0 Å². The number of likely N-dealkylation sites (tertiary alicyclic amines) is 2. The molecule has 2 aliphatic rings. The molecular weight excluding hydrogens is 386 g/mol. The molecule has 0 unspecified atom stereocenters. The van der Waals surface area contributed by atoms with Crippen LogP contribution in [0.5, 0.6) is 0 Å². The lowest BCUT2D eigenvalue weighted by molar-refractivity contribution is -0.127. The number of hydrogen-bond donors (Lipinski definition) is 2. The summed E-state index contributed by atoms with van der Waals surface area (Å²) < 4.78 is 27.4. The van der Waals surface area contributed by atoms with Gasteiger partial charge < -0.3 is 15.5 Å². The van der Waals surface area contributed by atoms with E-state index in [1.807, 2.05) is 13.8 Å². The summed E-state index contributed by atoms with van der Waals surface area (Å²) in [5.74, 6) is -0.771. The highest BCUT2D eigenvalue weighted by molar-refractivity contribution is 5.82. The number of piperidine rings is 1. The Labute approximate surface area is 179 Å². The second kappa shape index (κ2) is 10.6. The molecule has 1 aromatic carbocycles. The number of nitrogens with zero attached hydrogens (tertiary/aromatic N) is 2. The van der Waals surface area contributed by atoms with Crippen molar-refractivity contribution in [3.05, 3.63) is 35.4 Å². The normalized spacial score (nSPS) is 23.9. The van der Waals surface area contributed by atoms with Crippen LogP contribution in [0.4, 0.5) is 8.78 Å². The molecule has 2 heterocycles. The Morgan fingerprint density at radius 1 is 1.23 bits per heavy atom. The second-order valence-corrected chi connectivity index (χ2v) is 9.00. The lowest BCUT2D eigenvalue weighted by atomic mass is 10.0. The molecular formula is C23H36F2N4O. The van der Waals surface area contributed by atoms with E-state index in [1.54, 1.807) is 0 Å².